The van der Waals surface area contributed by atoms with Crippen LogP contribution in [0.5, 0.6) is 0 Å². The Hall–Kier alpha value is -1.40. The summed E-state index contributed by atoms with van der Waals surface area (Å²) in [7, 11) is -3.40. The van der Waals surface area contributed by atoms with Crippen LogP contribution >= 0.6 is 0 Å². The van der Waals surface area contributed by atoms with Gasteiger partial charge >= 0.3 is 0 Å². The van der Waals surface area contributed by atoms with E-state index in [2.05, 4.69) is 12.2 Å². The average Bonchev–Trinajstić information content (AvgIpc) is 2.43. The minimum Gasteiger partial charge on any atom is -0.325 e. The summed E-state index contributed by atoms with van der Waals surface area (Å²) in [6, 6.07) is 7.33. The fraction of sp³-hybridized carbons (Fsp3) is 0.533. The SMILES string of the molecule is CCc1ccc(NC(=O)CN(C(C)CC)S(C)(=O)=O)cc1. The lowest BCUT2D eigenvalue weighted by Gasteiger charge is -2.25. The predicted octanol–water partition coefficient (Wildman–Crippen LogP) is 2.25. The molecule has 0 fully saturated rings. The zero-order valence-corrected chi connectivity index (χ0v) is 13.9. The number of anilines is 1. The molecule has 0 saturated heterocycles. The molecule has 1 rings (SSSR count). The Bertz CT molecular complexity index is 567. The van der Waals surface area contributed by atoms with Crippen LogP contribution in [0, 0.1) is 0 Å². The van der Waals surface area contributed by atoms with Crippen molar-refractivity contribution in [2.45, 2.75) is 39.7 Å². The number of sulfonamides is 1. The maximum Gasteiger partial charge on any atom is 0.239 e. The smallest absolute Gasteiger partial charge is 0.239 e. The van der Waals surface area contributed by atoms with Crippen molar-refractivity contribution < 1.29 is 13.2 Å². The molecule has 0 bridgehead atoms. The fourth-order valence-electron chi connectivity index (χ4n) is 1.97. The molecule has 0 heterocycles. The molecule has 0 radical (unpaired) electrons. The van der Waals surface area contributed by atoms with E-state index in [1.165, 1.54) is 9.87 Å². The highest BCUT2D eigenvalue weighted by atomic mass is 32.2. The number of carbonyl (C=O) groups is 1. The lowest BCUT2D eigenvalue weighted by molar-refractivity contribution is -0.116. The van der Waals surface area contributed by atoms with Gasteiger partial charge in [0.1, 0.15) is 0 Å². The van der Waals surface area contributed by atoms with E-state index in [9.17, 15) is 13.2 Å². The van der Waals surface area contributed by atoms with Gasteiger partial charge in [0.15, 0.2) is 0 Å². The van der Waals surface area contributed by atoms with Crippen molar-refractivity contribution in [2.75, 3.05) is 18.1 Å². The van der Waals surface area contributed by atoms with E-state index in [-0.39, 0.29) is 18.5 Å². The average molecular weight is 312 g/mol. The monoisotopic (exact) mass is 312 g/mol. The highest BCUT2D eigenvalue weighted by Crippen LogP contribution is 2.12. The van der Waals surface area contributed by atoms with Gasteiger partial charge in [-0.1, -0.05) is 26.0 Å². The van der Waals surface area contributed by atoms with Gasteiger partial charge in [-0.05, 0) is 37.5 Å². The lowest BCUT2D eigenvalue weighted by Crippen LogP contribution is -2.42. The summed E-state index contributed by atoms with van der Waals surface area (Å²) in [6.45, 7) is 5.58. The van der Waals surface area contributed by atoms with Gasteiger partial charge in [-0.2, -0.15) is 4.31 Å². The summed E-state index contributed by atoms with van der Waals surface area (Å²) in [5.41, 5.74) is 1.86. The van der Waals surface area contributed by atoms with Crippen LogP contribution in [0.25, 0.3) is 0 Å². The van der Waals surface area contributed by atoms with Gasteiger partial charge in [0, 0.05) is 11.7 Å². The molecule has 1 atom stereocenters. The topological polar surface area (TPSA) is 66.5 Å². The Kier molecular flexibility index (Phi) is 6.36. The van der Waals surface area contributed by atoms with Crippen molar-refractivity contribution in [1.29, 1.82) is 0 Å². The largest absolute Gasteiger partial charge is 0.325 e. The maximum atomic E-state index is 12.0. The standard InChI is InChI=1S/C15H24N2O3S/c1-5-12(3)17(21(4,19)20)11-15(18)16-14-9-7-13(6-2)8-10-14/h7-10,12H,5-6,11H2,1-4H3,(H,16,18). The number of benzene rings is 1. The van der Waals surface area contributed by atoms with E-state index in [4.69, 9.17) is 0 Å². The number of nitrogens with one attached hydrogen (secondary N) is 1. The van der Waals surface area contributed by atoms with Crippen molar-refractivity contribution in [3.8, 4) is 0 Å². The van der Waals surface area contributed by atoms with Crippen LogP contribution in [0.1, 0.15) is 32.8 Å². The van der Waals surface area contributed by atoms with E-state index in [0.717, 1.165) is 12.7 Å². The van der Waals surface area contributed by atoms with Crippen LogP contribution in [-0.2, 0) is 21.2 Å². The Balaban J connectivity index is 2.73. The summed E-state index contributed by atoms with van der Waals surface area (Å²) >= 11 is 0. The first-order valence-electron chi connectivity index (χ1n) is 7.13. The van der Waals surface area contributed by atoms with Crippen LogP contribution in [0.2, 0.25) is 0 Å². The highest BCUT2D eigenvalue weighted by Gasteiger charge is 2.24. The quantitative estimate of drug-likeness (QED) is 0.839. The van der Waals surface area contributed by atoms with Crippen molar-refractivity contribution in [3.63, 3.8) is 0 Å². The second-order valence-corrected chi connectivity index (χ2v) is 7.10. The van der Waals surface area contributed by atoms with E-state index < -0.39 is 10.0 Å². The minimum atomic E-state index is -3.40. The van der Waals surface area contributed by atoms with Gasteiger partial charge in [0.25, 0.3) is 0 Å². The normalized spacial score (nSPS) is 13.2. The van der Waals surface area contributed by atoms with Gasteiger partial charge in [-0.15, -0.1) is 0 Å². The van der Waals surface area contributed by atoms with Gasteiger partial charge in [0.05, 0.1) is 12.8 Å². The molecule has 0 aromatic heterocycles. The molecule has 0 aliphatic heterocycles. The first kappa shape index (κ1) is 17.7. The summed E-state index contributed by atoms with van der Waals surface area (Å²) in [4.78, 5) is 12.0. The van der Waals surface area contributed by atoms with Gasteiger partial charge in [-0.25, -0.2) is 8.42 Å². The summed E-state index contributed by atoms with van der Waals surface area (Å²) < 4.78 is 24.7. The maximum absolute atomic E-state index is 12.0. The molecular weight excluding hydrogens is 288 g/mol. The third-order valence-corrected chi connectivity index (χ3v) is 4.79. The van der Waals surface area contributed by atoms with Gasteiger partial charge < -0.3 is 5.32 Å². The van der Waals surface area contributed by atoms with Crippen molar-refractivity contribution in [2.24, 2.45) is 0 Å². The van der Waals surface area contributed by atoms with E-state index in [0.29, 0.717) is 12.1 Å². The molecule has 0 aliphatic carbocycles. The number of carbonyl (C=O) groups excluding carboxylic acids is 1. The predicted molar refractivity (Wildman–Crippen MR) is 85.8 cm³/mol. The number of aryl methyl sites for hydroxylation is 1. The van der Waals surface area contributed by atoms with Crippen molar-refractivity contribution >= 4 is 21.6 Å². The Labute approximate surface area is 127 Å². The minimum absolute atomic E-state index is 0.163. The van der Waals surface area contributed by atoms with Crippen LogP contribution in [-0.4, -0.2) is 37.5 Å². The van der Waals surface area contributed by atoms with Crippen LogP contribution < -0.4 is 5.32 Å². The summed E-state index contributed by atoms with van der Waals surface area (Å²) in [6.07, 6.45) is 2.72. The number of amides is 1. The second kappa shape index (κ2) is 7.56. The van der Waals surface area contributed by atoms with E-state index in [1.54, 1.807) is 6.92 Å². The molecular formula is C15H24N2O3S. The lowest BCUT2D eigenvalue weighted by atomic mass is 10.1. The fourth-order valence-corrected chi connectivity index (χ4v) is 3.12. The molecule has 0 saturated carbocycles. The summed E-state index contributed by atoms with van der Waals surface area (Å²) in [5.74, 6) is -0.329. The zero-order valence-electron chi connectivity index (χ0n) is 13.1. The van der Waals surface area contributed by atoms with Crippen LogP contribution in [0.4, 0.5) is 5.69 Å². The number of rotatable bonds is 7. The van der Waals surface area contributed by atoms with E-state index >= 15 is 0 Å². The number of hydrogen-bond donors (Lipinski definition) is 1. The van der Waals surface area contributed by atoms with Crippen LogP contribution in [0.3, 0.4) is 0 Å². The van der Waals surface area contributed by atoms with Gasteiger partial charge in [-0.3, -0.25) is 4.79 Å². The molecule has 1 N–H and O–H groups in total. The highest BCUT2D eigenvalue weighted by molar-refractivity contribution is 7.88. The molecule has 1 amide bonds. The van der Waals surface area contributed by atoms with Gasteiger partial charge in [0.2, 0.25) is 15.9 Å². The molecule has 0 spiro atoms. The molecule has 118 valence electrons. The number of hydrogen-bond acceptors (Lipinski definition) is 3. The Morgan fingerprint density at radius 3 is 2.24 bits per heavy atom. The second-order valence-electron chi connectivity index (χ2n) is 5.16. The first-order chi connectivity index (χ1) is 9.77. The zero-order chi connectivity index (χ0) is 16.0. The molecule has 6 heteroatoms. The number of nitrogens with zero attached hydrogens (tertiary/aromatic N) is 1. The molecule has 5 nitrogen and oxygen atoms in total. The Morgan fingerprint density at radius 2 is 1.81 bits per heavy atom. The molecule has 21 heavy (non-hydrogen) atoms. The molecule has 1 aromatic rings. The summed E-state index contributed by atoms with van der Waals surface area (Å²) in [5, 5.41) is 2.73. The Morgan fingerprint density at radius 1 is 1.24 bits per heavy atom. The molecule has 0 aliphatic rings. The molecule has 1 unspecified atom stereocenters. The van der Waals surface area contributed by atoms with E-state index in [1.807, 2.05) is 31.2 Å². The first-order valence-corrected chi connectivity index (χ1v) is 8.98. The van der Waals surface area contributed by atoms with Crippen LogP contribution in [0.15, 0.2) is 24.3 Å². The molecule has 1 aromatic carbocycles. The van der Waals surface area contributed by atoms with Crippen molar-refractivity contribution in [1.82, 2.24) is 4.31 Å². The van der Waals surface area contributed by atoms with Crippen molar-refractivity contribution in [3.05, 3.63) is 29.8 Å². The third kappa shape index (κ3) is 5.47. The third-order valence-electron chi connectivity index (χ3n) is 3.45.